The Morgan fingerprint density at radius 1 is 0.886 bits per heavy atom. The molecule has 4 atom stereocenters. The summed E-state index contributed by atoms with van der Waals surface area (Å²) in [5.74, 6) is 1.79. The smallest absolute Gasteiger partial charge is 0.246 e. The van der Waals surface area contributed by atoms with Gasteiger partial charge in [-0.1, -0.05) is 88.6 Å². The number of aliphatic hydroxyl groups is 1. The van der Waals surface area contributed by atoms with Crippen LogP contribution in [0.3, 0.4) is 0 Å². The number of nitrogens with one attached hydrogen (secondary N) is 4. The zero-order valence-electron chi connectivity index (χ0n) is 41.7. The SMILES string of the molecule is COc1cc2nc(C)nc(N[C@H](C)c3cc(-c4ccccc4CNCCCCCCCC(=O)N[C@H](C(=O)N4C[C@H](O)C[C@H]4C(=O)NCc4ccc(-c5scnc5C)cc4)C(C)(C)C)cs3)c2cc1OC. The van der Waals surface area contributed by atoms with Gasteiger partial charge in [0, 0.05) is 48.8 Å². The molecular weight excluding hydrogens is 921 g/mol. The first-order valence-electron chi connectivity index (χ1n) is 24.2. The third-order valence-electron chi connectivity index (χ3n) is 12.8. The van der Waals surface area contributed by atoms with Gasteiger partial charge in [-0.3, -0.25) is 14.4 Å². The van der Waals surface area contributed by atoms with Crippen LogP contribution in [0, 0.1) is 19.3 Å². The van der Waals surface area contributed by atoms with Gasteiger partial charge in [0.2, 0.25) is 17.7 Å². The van der Waals surface area contributed by atoms with E-state index in [9.17, 15) is 19.5 Å². The molecule has 4 heterocycles. The number of anilines is 1. The lowest BCUT2D eigenvalue weighted by Crippen LogP contribution is -2.57. The molecule has 372 valence electrons. The average Bonchev–Trinajstić information content (AvgIpc) is 4.11. The van der Waals surface area contributed by atoms with E-state index in [1.165, 1.54) is 26.5 Å². The molecule has 0 aliphatic carbocycles. The molecule has 1 aliphatic heterocycles. The minimum absolute atomic E-state index is 0.000269. The number of hydrogen-bond donors (Lipinski definition) is 5. The van der Waals surface area contributed by atoms with E-state index in [2.05, 4.69) is 73.9 Å². The van der Waals surface area contributed by atoms with E-state index in [4.69, 9.17) is 14.5 Å². The number of β-amino-alcohol motifs (C(OH)–C–C–N with tert-alkyl or cyclic N) is 1. The van der Waals surface area contributed by atoms with Crippen molar-refractivity contribution in [2.45, 2.75) is 124 Å². The second-order valence-corrected chi connectivity index (χ2v) is 21.0. The number of aliphatic hydroxyl groups excluding tert-OH is 1. The Kier molecular flexibility index (Phi) is 17.6. The van der Waals surface area contributed by atoms with Crippen LogP contribution in [0.4, 0.5) is 5.82 Å². The number of rotatable bonds is 22. The number of aromatic nitrogens is 3. The number of amides is 3. The lowest BCUT2D eigenvalue weighted by molar-refractivity contribution is -0.144. The summed E-state index contributed by atoms with van der Waals surface area (Å²) >= 11 is 3.31. The molecule has 1 aliphatic rings. The summed E-state index contributed by atoms with van der Waals surface area (Å²) in [7, 11) is 3.24. The first-order valence-corrected chi connectivity index (χ1v) is 26.0. The number of thiazole rings is 1. The molecule has 1 saturated heterocycles. The van der Waals surface area contributed by atoms with Crippen LogP contribution in [-0.2, 0) is 27.5 Å². The van der Waals surface area contributed by atoms with E-state index in [1.54, 1.807) is 36.9 Å². The number of thiophene rings is 1. The van der Waals surface area contributed by atoms with E-state index in [0.29, 0.717) is 30.2 Å². The molecular formula is C54H68N8O6S2. The fourth-order valence-electron chi connectivity index (χ4n) is 8.94. The second-order valence-electron chi connectivity index (χ2n) is 19.2. The summed E-state index contributed by atoms with van der Waals surface area (Å²) in [6.45, 7) is 13.7. The third kappa shape index (κ3) is 13.1. The summed E-state index contributed by atoms with van der Waals surface area (Å²) in [5.41, 5.74) is 8.59. The Morgan fingerprint density at radius 2 is 1.61 bits per heavy atom. The highest BCUT2D eigenvalue weighted by Gasteiger charge is 2.44. The summed E-state index contributed by atoms with van der Waals surface area (Å²) in [4.78, 5) is 58.3. The molecule has 6 aromatic rings. The van der Waals surface area contributed by atoms with Gasteiger partial charge in [-0.25, -0.2) is 15.0 Å². The summed E-state index contributed by atoms with van der Waals surface area (Å²) in [5, 5.41) is 26.9. The summed E-state index contributed by atoms with van der Waals surface area (Å²) in [6, 6.07) is 20.9. The quantitative estimate of drug-likeness (QED) is 0.0409. The minimum Gasteiger partial charge on any atom is -0.493 e. The standard InChI is InChI=1S/C54H68N8O6S2/c1-33(58-51-42-26-45(67-7)46(68-8)27-43(42)59-35(3)60-51)47-24-39(31-69-47)41-17-14-13-16-38(41)29-55-23-15-11-9-10-12-18-48(64)61-50(54(4,5)6)53(66)62-30-40(63)25-44(62)52(65)56-28-36-19-21-37(22-20-36)49-34(2)57-32-70-49/h13-14,16-17,19-22,24,26-27,31-33,40,44,50,55,63H,9-12,15,18,23,25,28-30H2,1-8H3,(H,56,65)(H,61,64)(H,58,59,60)/t33-,40-,44+,50-/m1/s1. The van der Waals surface area contributed by atoms with Gasteiger partial charge >= 0.3 is 0 Å². The number of benzene rings is 3. The van der Waals surface area contributed by atoms with Gasteiger partial charge < -0.3 is 40.7 Å². The highest BCUT2D eigenvalue weighted by atomic mass is 32.1. The normalized spacial score (nSPS) is 15.7. The monoisotopic (exact) mass is 988 g/mol. The van der Waals surface area contributed by atoms with Gasteiger partial charge in [0.05, 0.1) is 48.0 Å². The van der Waals surface area contributed by atoms with E-state index in [0.717, 1.165) is 77.2 Å². The van der Waals surface area contributed by atoms with Crippen LogP contribution in [0.25, 0.3) is 32.5 Å². The molecule has 3 aromatic carbocycles. The largest absolute Gasteiger partial charge is 0.493 e. The average molecular weight is 989 g/mol. The number of nitrogens with zero attached hydrogens (tertiary/aromatic N) is 4. The van der Waals surface area contributed by atoms with Gasteiger partial charge in [0.15, 0.2) is 11.5 Å². The molecule has 1 fully saturated rings. The number of likely N-dealkylation sites (tertiary alicyclic amines) is 1. The number of aryl methyl sites for hydroxylation is 2. The Balaban J connectivity index is 0.823. The lowest BCUT2D eigenvalue weighted by Gasteiger charge is -2.35. The van der Waals surface area contributed by atoms with Crippen LogP contribution >= 0.6 is 22.7 Å². The Labute approximate surface area is 420 Å². The second kappa shape index (κ2) is 23.8. The van der Waals surface area contributed by atoms with Gasteiger partial charge in [-0.2, -0.15) is 0 Å². The van der Waals surface area contributed by atoms with E-state index in [1.807, 2.05) is 76.5 Å². The van der Waals surface area contributed by atoms with Crippen molar-refractivity contribution >= 4 is 57.1 Å². The highest BCUT2D eigenvalue weighted by Crippen LogP contribution is 2.37. The van der Waals surface area contributed by atoms with Gasteiger partial charge in [-0.05, 0) is 90.9 Å². The predicted molar refractivity (Wildman–Crippen MR) is 280 cm³/mol. The number of methoxy groups -OCH3 is 2. The molecule has 0 saturated carbocycles. The van der Waals surface area contributed by atoms with Gasteiger partial charge in [0.25, 0.3) is 0 Å². The van der Waals surface area contributed by atoms with Crippen molar-refractivity contribution in [2.24, 2.45) is 5.41 Å². The molecule has 3 amide bonds. The fourth-order valence-corrected chi connectivity index (χ4v) is 10.7. The summed E-state index contributed by atoms with van der Waals surface area (Å²) in [6.07, 6.45) is 4.30. The first kappa shape index (κ1) is 51.9. The topological polar surface area (TPSA) is 180 Å². The van der Waals surface area contributed by atoms with E-state index < -0.39 is 23.6 Å². The lowest BCUT2D eigenvalue weighted by atomic mass is 9.85. The minimum atomic E-state index is -0.848. The van der Waals surface area contributed by atoms with Crippen molar-refractivity contribution in [3.63, 3.8) is 0 Å². The molecule has 0 bridgehead atoms. The number of hydrogen-bond acceptors (Lipinski definition) is 13. The maximum absolute atomic E-state index is 14.1. The number of carbonyl (C=O) groups excluding carboxylic acids is 3. The Hall–Kier alpha value is -5.94. The van der Waals surface area contributed by atoms with E-state index >= 15 is 0 Å². The van der Waals surface area contributed by atoms with Crippen molar-refractivity contribution in [3.05, 3.63) is 105 Å². The Bertz CT molecular complexity index is 2730. The number of fused-ring (bicyclic) bond motifs is 1. The molecule has 0 spiro atoms. The third-order valence-corrected chi connectivity index (χ3v) is 14.9. The molecule has 70 heavy (non-hydrogen) atoms. The van der Waals surface area contributed by atoms with Crippen molar-refractivity contribution in [3.8, 4) is 33.1 Å². The van der Waals surface area contributed by atoms with E-state index in [-0.39, 0.29) is 43.3 Å². The van der Waals surface area contributed by atoms with Crippen LogP contribution in [0.1, 0.15) is 106 Å². The molecule has 0 unspecified atom stereocenters. The van der Waals surface area contributed by atoms with Crippen LogP contribution < -0.4 is 30.7 Å². The van der Waals surface area contributed by atoms with Crippen LogP contribution in [0.2, 0.25) is 0 Å². The fraction of sp³-hybridized carbons (Fsp3) is 0.444. The van der Waals surface area contributed by atoms with Crippen LogP contribution in [-0.4, -0.2) is 88.2 Å². The van der Waals surface area contributed by atoms with Gasteiger partial charge in [0.1, 0.15) is 23.7 Å². The maximum atomic E-state index is 14.1. The zero-order valence-corrected chi connectivity index (χ0v) is 43.3. The van der Waals surface area contributed by atoms with Crippen molar-refractivity contribution < 1.29 is 29.0 Å². The first-order chi connectivity index (χ1) is 33.6. The number of unbranched alkanes of at least 4 members (excludes halogenated alkanes) is 4. The van der Waals surface area contributed by atoms with Crippen LogP contribution in [0.5, 0.6) is 11.5 Å². The van der Waals surface area contributed by atoms with Gasteiger partial charge in [-0.15, -0.1) is 22.7 Å². The maximum Gasteiger partial charge on any atom is 0.246 e. The highest BCUT2D eigenvalue weighted by molar-refractivity contribution is 7.13. The Morgan fingerprint density at radius 3 is 2.34 bits per heavy atom. The van der Waals surface area contributed by atoms with Crippen molar-refractivity contribution in [1.82, 2.24) is 35.8 Å². The summed E-state index contributed by atoms with van der Waals surface area (Å²) < 4.78 is 11.1. The predicted octanol–water partition coefficient (Wildman–Crippen LogP) is 9.53. The molecule has 3 aromatic heterocycles. The molecule has 5 N–H and O–H groups in total. The number of carbonyl (C=O) groups is 3. The number of ether oxygens (including phenoxy) is 2. The van der Waals surface area contributed by atoms with Crippen molar-refractivity contribution in [2.75, 3.05) is 32.6 Å². The zero-order chi connectivity index (χ0) is 50.0. The van der Waals surface area contributed by atoms with Crippen LogP contribution in [0.15, 0.2) is 77.6 Å². The molecule has 14 nitrogen and oxygen atoms in total. The molecule has 16 heteroatoms. The van der Waals surface area contributed by atoms with Crippen molar-refractivity contribution in [1.29, 1.82) is 0 Å². The molecule has 7 rings (SSSR count). The molecule has 0 radical (unpaired) electrons.